The van der Waals surface area contributed by atoms with Gasteiger partial charge in [0.1, 0.15) is 57.2 Å². The summed E-state index contributed by atoms with van der Waals surface area (Å²) in [5.41, 5.74) is 24.8. The first-order valence-corrected chi connectivity index (χ1v) is 34.1. The van der Waals surface area contributed by atoms with Gasteiger partial charge in [-0.1, -0.05) is 0 Å². The van der Waals surface area contributed by atoms with Crippen molar-refractivity contribution in [3.63, 3.8) is 0 Å². The summed E-state index contributed by atoms with van der Waals surface area (Å²) in [5, 5.41) is 68.7. The number of rotatable bonds is 11. The SMILES string of the molecule is Cc1cc(N)sn1.Cc1cc(Nc2cc(NC3CCCCNC3=O)ccc2C#N)sn1.Cc1cc(Nc2cc(NC3CCCCNC3=O)ccc2C(N)=O)sn1.N#Cc1ccc(F)cc1Br.N#Cc1ccc(NC2CCCCNC2=O)cc1Br.NC1CCCCNC1=O.OO. The van der Waals surface area contributed by atoms with E-state index < -0.39 is 5.91 Å². The van der Waals surface area contributed by atoms with E-state index in [1.807, 2.05) is 69.3 Å². The summed E-state index contributed by atoms with van der Waals surface area (Å²) in [7, 11) is 0. The maximum absolute atomic E-state index is 12.3. The number of benzene rings is 4. The molecule has 17 N–H and O–H groups in total. The molecule has 31 heteroatoms. The number of aryl methyl sites for hydroxylation is 3. The lowest BCUT2D eigenvalue weighted by Crippen LogP contribution is -2.38. The fraction of sp³-hybridized carbons (Fsp3) is 0.359. The summed E-state index contributed by atoms with van der Waals surface area (Å²) in [6.45, 7) is 8.76. The third-order valence-electron chi connectivity index (χ3n) is 14.2. The monoisotopic (exact) mass is 1480 g/mol. The summed E-state index contributed by atoms with van der Waals surface area (Å²) in [4.78, 5) is 58.4. The molecule has 4 saturated heterocycles. The lowest BCUT2D eigenvalue weighted by atomic mass is 10.1. The Hall–Kier alpha value is -8.84. The molecule has 25 nitrogen and oxygen atoms in total. The summed E-state index contributed by atoms with van der Waals surface area (Å²) in [6.07, 6.45) is 11.5. The van der Waals surface area contributed by atoms with E-state index in [2.05, 4.69) is 105 Å². The molecule has 4 aliphatic rings. The lowest BCUT2D eigenvalue weighted by Gasteiger charge is -2.18. The maximum atomic E-state index is 12.3. The smallest absolute Gasteiger partial charge is 0.250 e. The van der Waals surface area contributed by atoms with E-state index in [4.69, 9.17) is 38.2 Å². The Morgan fingerprint density at radius 3 is 1.33 bits per heavy atom. The van der Waals surface area contributed by atoms with E-state index >= 15 is 0 Å². The van der Waals surface area contributed by atoms with Crippen molar-refractivity contribution in [3.05, 3.63) is 145 Å². The quantitative estimate of drug-likeness (QED) is 0.0422. The van der Waals surface area contributed by atoms with Crippen molar-refractivity contribution in [2.24, 2.45) is 11.5 Å². The van der Waals surface area contributed by atoms with Gasteiger partial charge in [0.2, 0.25) is 23.6 Å². The van der Waals surface area contributed by atoms with Gasteiger partial charge < -0.3 is 65.1 Å². The Bertz CT molecular complexity index is 3780. The first kappa shape index (κ1) is 76.9. The molecule has 95 heavy (non-hydrogen) atoms. The molecule has 5 amide bonds. The second-order valence-electron chi connectivity index (χ2n) is 21.7. The summed E-state index contributed by atoms with van der Waals surface area (Å²) >= 11 is 10.4. The van der Waals surface area contributed by atoms with Gasteiger partial charge in [-0.15, -0.1) is 0 Å². The normalized spacial score (nSPS) is 17.2. The molecular weight excluding hydrogens is 1410 g/mol. The summed E-state index contributed by atoms with van der Waals surface area (Å²) in [6, 6.07) is 30.9. The Morgan fingerprint density at radius 1 is 0.537 bits per heavy atom. The van der Waals surface area contributed by atoms with Crippen molar-refractivity contribution in [3.8, 4) is 18.2 Å². The largest absolute Gasteiger partial charge is 0.389 e. The molecule has 0 spiro atoms. The first-order chi connectivity index (χ1) is 45.7. The average Bonchev–Trinajstić information content (AvgIpc) is 1.76. The Kier molecular flexibility index (Phi) is 33.2. The van der Waals surface area contributed by atoms with Crippen molar-refractivity contribution in [2.75, 3.05) is 58.5 Å². The van der Waals surface area contributed by atoms with E-state index in [-0.39, 0.29) is 53.6 Å². The number of halogens is 3. The van der Waals surface area contributed by atoms with Crippen LogP contribution in [0, 0.1) is 60.6 Å². The number of carbonyl (C=O) groups excluding carboxylic acids is 5. The van der Waals surface area contributed by atoms with Crippen molar-refractivity contribution < 1.29 is 38.9 Å². The van der Waals surface area contributed by atoms with Crippen LogP contribution in [-0.2, 0) is 19.2 Å². The zero-order valence-corrected chi connectivity index (χ0v) is 58.1. The summed E-state index contributed by atoms with van der Waals surface area (Å²) in [5.74, 6) is -0.762. The van der Waals surface area contributed by atoms with Crippen LogP contribution in [0.2, 0.25) is 0 Å². The average molecular weight is 1490 g/mol. The highest BCUT2D eigenvalue weighted by Gasteiger charge is 2.24. The highest BCUT2D eigenvalue weighted by Crippen LogP contribution is 2.30. The second kappa shape index (κ2) is 41.1. The van der Waals surface area contributed by atoms with Crippen LogP contribution >= 0.6 is 66.5 Å². The van der Waals surface area contributed by atoms with E-state index in [1.54, 1.807) is 30.3 Å². The van der Waals surface area contributed by atoms with Gasteiger partial charge in [0.05, 0.1) is 56.8 Å². The van der Waals surface area contributed by atoms with E-state index in [0.717, 1.165) is 157 Å². The molecule has 0 aliphatic carbocycles. The number of nitrogen functional groups attached to an aromatic ring is 1. The standard InChI is InChI=1S/C17H21N5O2S.C17H19N5OS.C13H14BrN3O.C7H3BrFN.C6H12N2O.C4H6N2S.H2O2/c1-10-8-15(25-22-10)21-14-9-11(5-6-12(14)16(18)23)20-13-4-2-3-7-19-17(13)24;1-11-8-16(24-22-11)21-15-9-13(6-5-12(15)10-18)20-14-4-2-3-7-19-17(14)23;14-11-7-10(5-4-9(11)8-15)17-12-3-1-2-6-16-13(12)18;8-7-3-6(9)2-1-5(7)4-10;7-5-3-1-2-4-8-6(5)9;1-3-2-4(5)7-6-3;1-2/h5-6,8-9,13,20-21H,2-4,7H2,1H3,(H2,18,23)(H,19,24);5-6,8-9,14,20-21H,2-4,7H2,1H3,(H,19,23);4-5,7,12,17H,1-3,6H2,(H,16,18);1-3H;5H,1-4,7H2,(H,8,9);2H,5H2,1H3;1-2H. The number of anilines is 8. The van der Waals surface area contributed by atoms with Crippen LogP contribution in [0.1, 0.15) is 121 Å². The van der Waals surface area contributed by atoms with Crippen LogP contribution in [0.5, 0.6) is 0 Å². The predicted molar refractivity (Wildman–Crippen MR) is 378 cm³/mol. The molecule has 11 rings (SSSR count). The molecule has 0 saturated carbocycles. The van der Waals surface area contributed by atoms with E-state index in [1.165, 1.54) is 52.8 Å². The highest BCUT2D eigenvalue weighted by molar-refractivity contribution is 9.10. The number of nitriles is 3. The topological polar surface area (TPSA) is 422 Å². The molecule has 4 aliphatic heterocycles. The maximum Gasteiger partial charge on any atom is 0.250 e. The molecular formula is C64H77Br2FN18O7S3. The molecule has 7 aromatic rings. The molecule has 3 aromatic heterocycles. The zero-order valence-electron chi connectivity index (χ0n) is 52.5. The molecule has 4 fully saturated rings. The fourth-order valence-corrected chi connectivity index (χ4v) is 12.1. The van der Waals surface area contributed by atoms with Gasteiger partial charge in [-0.3, -0.25) is 34.5 Å². The van der Waals surface area contributed by atoms with Gasteiger partial charge >= 0.3 is 0 Å². The number of aromatic nitrogens is 3. The van der Waals surface area contributed by atoms with Crippen molar-refractivity contribution in [2.45, 2.75) is 122 Å². The molecule has 504 valence electrons. The third kappa shape index (κ3) is 26.8. The molecule has 7 heterocycles. The highest BCUT2D eigenvalue weighted by atomic mass is 79.9. The Labute approximate surface area is 579 Å². The van der Waals surface area contributed by atoms with Gasteiger partial charge in [-0.05, 0) is 255 Å². The summed E-state index contributed by atoms with van der Waals surface area (Å²) < 4.78 is 26.0. The van der Waals surface area contributed by atoms with Crippen molar-refractivity contribution in [1.29, 1.82) is 15.8 Å². The van der Waals surface area contributed by atoms with Crippen LogP contribution < -0.4 is 65.1 Å². The number of nitrogens with one attached hydrogen (secondary N) is 9. The second-order valence-corrected chi connectivity index (χ2v) is 25.8. The third-order valence-corrected chi connectivity index (χ3v) is 17.8. The van der Waals surface area contributed by atoms with Crippen LogP contribution in [-0.4, -0.2) is 104 Å². The molecule has 4 aromatic carbocycles. The fourth-order valence-electron chi connectivity index (χ4n) is 9.35. The molecule has 4 atom stereocenters. The van der Waals surface area contributed by atoms with E-state index in [9.17, 15) is 33.6 Å². The minimum absolute atomic E-state index is 0.00377. The van der Waals surface area contributed by atoms with Crippen LogP contribution in [0.15, 0.2) is 99.9 Å². The molecule has 0 radical (unpaired) electrons. The van der Waals surface area contributed by atoms with Crippen molar-refractivity contribution >= 4 is 139 Å². The number of primary amides is 1. The number of hydrogen-bond acceptors (Lipinski definition) is 23. The number of hydrogen-bond donors (Lipinski definition) is 14. The Morgan fingerprint density at radius 2 is 0.926 bits per heavy atom. The van der Waals surface area contributed by atoms with Gasteiger partial charge in [-0.2, -0.15) is 28.9 Å². The van der Waals surface area contributed by atoms with Gasteiger partial charge in [0.25, 0.3) is 5.91 Å². The van der Waals surface area contributed by atoms with E-state index in [0.29, 0.717) is 38.1 Å². The molecule has 4 unspecified atom stereocenters. The van der Waals surface area contributed by atoms with Gasteiger partial charge in [0.15, 0.2) is 0 Å². The van der Waals surface area contributed by atoms with Gasteiger partial charge in [-0.25, -0.2) is 4.39 Å². The lowest BCUT2D eigenvalue weighted by molar-refractivity contribution is -0.176. The number of carbonyl (C=O) groups is 5. The van der Waals surface area contributed by atoms with Crippen LogP contribution in [0.4, 0.5) is 47.8 Å². The first-order valence-electron chi connectivity index (χ1n) is 30.2. The number of nitrogens with two attached hydrogens (primary N) is 3. The molecule has 0 bridgehead atoms. The Balaban J connectivity index is 0.000000216. The minimum atomic E-state index is -0.512. The van der Waals surface area contributed by atoms with Crippen molar-refractivity contribution in [1.82, 2.24) is 34.4 Å². The number of nitrogens with zero attached hydrogens (tertiary/aromatic N) is 6. The van der Waals surface area contributed by atoms with Crippen LogP contribution in [0.25, 0.3) is 0 Å². The zero-order chi connectivity index (χ0) is 69.2. The minimum Gasteiger partial charge on any atom is -0.389 e. The van der Waals surface area contributed by atoms with Gasteiger partial charge in [0, 0.05) is 52.2 Å². The van der Waals surface area contributed by atoms with Crippen LogP contribution in [0.3, 0.4) is 0 Å². The predicted octanol–water partition coefficient (Wildman–Crippen LogP) is 11.0. The number of amides is 5.